The Hall–Kier alpha value is -1.70. The van der Waals surface area contributed by atoms with Gasteiger partial charge in [-0.1, -0.05) is 35.9 Å². The molecule has 1 N–H and O–H groups in total. The van der Waals surface area contributed by atoms with Crippen molar-refractivity contribution in [3.05, 3.63) is 64.2 Å². The topological polar surface area (TPSA) is 66.5 Å². The molecule has 8 heteroatoms. The number of carbonyl (C=O) groups excluding carboxylic acids is 1. The van der Waals surface area contributed by atoms with E-state index in [0.717, 1.165) is 28.3 Å². The number of nitrogens with one attached hydrogen (secondary N) is 1. The number of anilines is 1. The van der Waals surface area contributed by atoms with E-state index in [9.17, 15) is 13.2 Å². The highest BCUT2D eigenvalue weighted by Gasteiger charge is 2.18. The van der Waals surface area contributed by atoms with Gasteiger partial charge in [-0.25, -0.2) is 8.42 Å². The van der Waals surface area contributed by atoms with Crippen molar-refractivity contribution in [1.82, 2.24) is 5.32 Å². The molecular formula is C19H23ClN2O3S2. The zero-order valence-corrected chi connectivity index (χ0v) is 17.9. The molecule has 1 amide bonds. The quantitative estimate of drug-likeness (QED) is 0.653. The van der Waals surface area contributed by atoms with Crippen molar-refractivity contribution < 1.29 is 13.2 Å². The number of sulfonamides is 1. The predicted molar refractivity (Wildman–Crippen MR) is 114 cm³/mol. The Kier molecular flexibility index (Phi) is 7.59. The summed E-state index contributed by atoms with van der Waals surface area (Å²) in [6.45, 7) is 2.26. The minimum Gasteiger partial charge on any atom is -0.351 e. The molecule has 0 atom stereocenters. The number of rotatable bonds is 8. The van der Waals surface area contributed by atoms with E-state index < -0.39 is 10.0 Å². The first kappa shape index (κ1) is 21.6. The molecule has 2 aromatic rings. The van der Waals surface area contributed by atoms with Crippen LogP contribution in [0.1, 0.15) is 21.5 Å². The highest BCUT2D eigenvalue weighted by molar-refractivity contribution is 7.98. The van der Waals surface area contributed by atoms with Crippen LogP contribution in [0.15, 0.2) is 42.5 Å². The van der Waals surface area contributed by atoms with Crippen LogP contribution in [0.4, 0.5) is 5.69 Å². The first-order valence-corrected chi connectivity index (χ1v) is 11.7. The third kappa shape index (κ3) is 5.89. The summed E-state index contributed by atoms with van der Waals surface area (Å²) in [5.74, 6) is 1.32. The Bertz CT molecular complexity index is 917. The van der Waals surface area contributed by atoms with Crippen molar-refractivity contribution in [3.8, 4) is 0 Å². The highest BCUT2D eigenvalue weighted by Crippen LogP contribution is 2.24. The van der Waals surface area contributed by atoms with Crippen molar-refractivity contribution in [3.63, 3.8) is 0 Å². The fourth-order valence-corrected chi connectivity index (χ4v) is 4.22. The minimum absolute atomic E-state index is 0.213. The number of nitrogens with zero attached hydrogens (tertiary/aromatic N) is 1. The number of amides is 1. The first-order chi connectivity index (χ1) is 12.7. The second-order valence-corrected chi connectivity index (χ2v) is 9.61. The summed E-state index contributed by atoms with van der Waals surface area (Å²) < 4.78 is 24.7. The van der Waals surface area contributed by atoms with Crippen LogP contribution in [0, 0.1) is 6.92 Å². The number of benzene rings is 2. The molecule has 2 rings (SSSR count). The van der Waals surface area contributed by atoms with E-state index in [1.165, 1.54) is 11.4 Å². The van der Waals surface area contributed by atoms with Gasteiger partial charge in [-0.15, -0.1) is 0 Å². The lowest BCUT2D eigenvalue weighted by molar-refractivity contribution is 0.0955. The van der Waals surface area contributed by atoms with Gasteiger partial charge >= 0.3 is 0 Å². The van der Waals surface area contributed by atoms with E-state index in [1.807, 2.05) is 24.3 Å². The Labute approximate surface area is 170 Å². The SMILES string of the molecule is Cc1c(C(=O)NCCSCc2ccccc2Cl)cccc1N(C)S(C)(=O)=O. The molecule has 146 valence electrons. The largest absolute Gasteiger partial charge is 0.351 e. The van der Waals surface area contributed by atoms with Gasteiger partial charge in [-0.05, 0) is 36.2 Å². The molecule has 0 unspecified atom stereocenters. The third-order valence-electron chi connectivity index (χ3n) is 4.13. The van der Waals surface area contributed by atoms with E-state index in [0.29, 0.717) is 23.4 Å². The Balaban J connectivity index is 1.92. The van der Waals surface area contributed by atoms with Crippen LogP contribution in [0.2, 0.25) is 5.02 Å². The molecule has 5 nitrogen and oxygen atoms in total. The summed E-state index contributed by atoms with van der Waals surface area (Å²) in [4.78, 5) is 12.5. The normalized spacial score (nSPS) is 11.3. The summed E-state index contributed by atoms with van der Waals surface area (Å²) in [6, 6.07) is 12.8. The predicted octanol–water partition coefficient (Wildman–Crippen LogP) is 3.71. The maximum absolute atomic E-state index is 12.5. The molecule has 0 radical (unpaired) electrons. The second-order valence-electron chi connectivity index (χ2n) is 6.08. The maximum atomic E-state index is 12.5. The average molecular weight is 427 g/mol. The molecule has 0 aromatic heterocycles. The molecule has 0 aliphatic heterocycles. The van der Waals surface area contributed by atoms with Crippen LogP contribution < -0.4 is 9.62 Å². The van der Waals surface area contributed by atoms with Gasteiger partial charge in [0.25, 0.3) is 5.91 Å². The standard InChI is InChI=1S/C19H23ClN2O3S2/c1-14-16(8-6-10-18(14)22(2)27(3,24)25)19(23)21-11-12-26-13-15-7-4-5-9-17(15)20/h4-10H,11-13H2,1-3H3,(H,21,23). The molecule has 0 aliphatic carbocycles. The van der Waals surface area contributed by atoms with Gasteiger partial charge in [0.15, 0.2) is 0 Å². The highest BCUT2D eigenvalue weighted by atomic mass is 35.5. The van der Waals surface area contributed by atoms with E-state index in [4.69, 9.17) is 11.6 Å². The average Bonchev–Trinajstić information content (AvgIpc) is 2.61. The van der Waals surface area contributed by atoms with Crippen LogP contribution in [0.3, 0.4) is 0 Å². The molecule has 0 bridgehead atoms. The van der Waals surface area contributed by atoms with Gasteiger partial charge in [0.1, 0.15) is 0 Å². The maximum Gasteiger partial charge on any atom is 0.251 e. The number of hydrogen-bond donors (Lipinski definition) is 1. The fourth-order valence-electron chi connectivity index (χ4n) is 2.52. The monoisotopic (exact) mass is 426 g/mol. The van der Waals surface area contributed by atoms with E-state index in [-0.39, 0.29) is 5.91 Å². The summed E-state index contributed by atoms with van der Waals surface area (Å²) in [7, 11) is -1.91. The lowest BCUT2D eigenvalue weighted by Crippen LogP contribution is -2.29. The molecule has 0 aliphatic rings. The van der Waals surface area contributed by atoms with Gasteiger partial charge < -0.3 is 5.32 Å². The molecular weight excluding hydrogens is 404 g/mol. The summed E-state index contributed by atoms with van der Waals surface area (Å²) in [5.41, 5.74) is 2.67. The van der Waals surface area contributed by atoms with Crippen molar-refractivity contribution in [2.45, 2.75) is 12.7 Å². The Morgan fingerprint density at radius 3 is 2.56 bits per heavy atom. The third-order valence-corrected chi connectivity index (χ3v) is 6.70. The van der Waals surface area contributed by atoms with E-state index >= 15 is 0 Å². The smallest absolute Gasteiger partial charge is 0.251 e. The molecule has 0 spiro atoms. The van der Waals surface area contributed by atoms with E-state index in [1.54, 1.807) is 36.9 Å². The molecule has 0 saturated heterocycles. The molecule has 27 heavy (non-hydrogen) atoms. The fraction of sp³-hybridized carbons (Fsp3) is 0.316. The van der Waals surface area contributed by atoms with Crippen LogP contribution in [0.5, 0.6) is 0 Å². The molecule has 0 fully saturated rings. The van der Waals surface area contributed by atoms with Gasteiger partial charge in [-0.3, -0.25) is 9.10 Å². The Morgan fingerprint density at radius 1 is 1.19 bits per heavy atom. The first-order valence-electron chi connectivity index (χ1n) is 8.34. The minimum atomic E-state index is -3.39. The van der Waals surface area contributed by atoms with Crippen molar-refractivity contribution in [1.29, 1.82) is 0 Å². The lowest BCUT2D eigenvalue weighted by atomic mass is 10.1. The number of halogens is 1. The van der Waals surface area contributed by atoms with Crippen LogP contribution in [-0.2, 0) is 15.8 Å². The van der Waals surface area contributed by atoms with Crippen LogP contribution in [-0.4, -0.2) is 39.9 Å². The van der Waals surface area contributed by atoms with Gasteiger partial charge in [0.2, 0.25) is 10.0 Å². The zero-order valence-electron chi connectivity index (χ0n) is 15.5. The molecule has 0 heterocycles. The molecule has 2 aromatic carbocycles. The lowest BCUT2D eigenvalue weighted by Gasteiger charge is -2.20. The van der Waals surface area contributed by atoms with Crippen LogP contribution >= 0.6 is 23.4 Å². The van der Waals surface area contributed by atoms with Crippen molar-refractivity contribution in [2.24, 2.45) is 0 Å². The van der Waals surface area contributed by atoms with Crippen molar-refractivity contribution >= 4 is 45.0 Å². The zero-order chi connectivity index (χ0) is 20.0. The van der Waals surface area contributed by atoms with E-state index in [2.05, 4.69) is 5.32 Å². The summed E-state index contributed by atoms with van der Waals surface area (Å²) in [6.07, 6.45) is 1.13. The number of hydrogen-bond acceptors (Lipinski definition) is 4. The number of carbonyl (C=O) groups is 1. The van der Waals surface area contributed by atoms with Gasteiger partial charge in [0.05, 0.1) is 11.9 Å². The van der Waals surface area contributed by atoms with Crippen molar-refractivity contribution in [2.75, 3.05) is 29.9 Å². The Morgan fingerprint density at radius 2 is 1.89 bits per heavy atom. The second kappa shape index (κ2) is 9.48. The number of thioether (sulfide) groups is 1. The summed E-state index contributed by atoms with van der Waals surface area (Å²) in [5, 5.41) is 3.63. The van der Waals surface area contributed by atoms with Gasteiger partial charge in [0, 0.05) is 35.7 Å². The van der Waals surface area contributed by atoms with Crippen LogP contribution in [0.25, 0.3) is 0 Å². The molecule has 0 saturated carbocycles. The van der Waals surface area contributed by atoms with Gasteiger partial charge in [-0.2, -0.15) is 11.8 Å². The summed E-state index contributed by atoms with van der Waals surface area (Å²) >= 11 is 7.81.